The molecule has 0 fully saturated rings. The molecule has 0 aliphatic heterocycles. The van der Waals surface area contributed by atoms with E-state index in [-0.39, 0.29) is 5.91 Å². The highest BCUT2D eigenvalue weighted by atomic mass is 16.2. The van der Waals surface area contributed by atoms with Crippen LogP contribution < -0.4 is 5.32 Å². The van der Waals surface area contributed by atoms with Crippen molar-refractivity contribution in [3.8, 4) is 16.9 Å². The van der Waals surface area contributed by atoms with Crippen LogP contribution in [0.15, 0.2) is 78.9 Å². The van der Waals surface area contributed by atoms with Crippen molar-refractivity contribution in [2.75, 3.05) is 5.32 Å². The number of anilines is 1. The second-order valence-electron chi connectivity index (χ2n) is 7.25. The lowest BCUT2D eigenvalue weighted by molar-refractivity contribution is 0.102. The average molecular weight is 381 g/mol. The Labute approximate surface area is 170 Å². The topological polar surface area (TPSA) is 46.9 Å². The Kier molecular flexibility index (Phi) is 5.00. The summed E-state index contributed by atoms with van der Waals surface area (Å²) in [6.45, 7) is 6.08. The van der Waals surface area contributed by atoms with Gasteiger partial charge in [0, 0.05) is 11.3 Å². The second-order valence-corrected chi connectivity index (χ2v) is 7.25. The lowest BCUT2D eigenvalue weighted by Crippen LogP contribution is -2.14. The van der Waals surface area contributed by atoms with Gasteiger partial charge in [-0.05, 0) is 50.1 Å². The van der Waals surface area contributed by atoms with Gasteiger partial charge in [-0.2, -0.15) is 5.10 Å². The molecular weight excluding hydrogens is 358 g/mol. The molecule has 0 radical (unpaired) electrons. The van der Waals surface area contributed by atoms with Crippen LogP contribution in [0.2, 0.25) is 0 Å². The van der Waals surface area contributed by atoms with Crippen molar-refractivity contribution in [3.63, 3.8) is 0 Å². The molecule has 4 rings (SSSR count). The van der Waals surface area contributed by atoms with E-state index in [9.17, 15) is 4.79 Å². The molecule has 1 amide bonds. The van der Waals surface area contributed by atoms with E-state index in [0.717, 1.165) is 33.8 Å². The summed E-state index contributed by atoms with van der Waals surface area (Å²) in [4.78, 5) is 12.9. The van der Waals surface area contributed by atoms with Gasteiger partial charge in [0.05, 0.1) is 11.4 Å². The van der Waals surface area contributed by atoms with Crippen LogP contribution in [-0.4, -0.2) is 15.7 Å². The summed E-state index contributed by atoms with van der Waals surface area (Å²) in [6.07, 6.45) is 0. The van der Waals surface area contributed by atoms with Crippen LogP contribution in [-0.2, 0) is 0 Å². The van der Waals surface area contributed by atoms with Crippen LogP contribution in [0.5, 0.6) is 0 Å². The van der Waals surface area contributed by atoms with E-state index in [0.29, 0.717) is 5.69 Å². The Morgan fingerprint density at radius 3 is 2.17 bits per heavy atom. The summed E-state index contributed by atoms with van der Waals surface area (Å²) < 4.78 is 1.85. The molecule has 1 aromatic heterocycles. The summed E-state index contributed by atoms with van der Waals surface area (Å²) in [5, 5.41) is 7.65. The fourth-order valence-electron chi connectivity index (χ4n) is 3.31. The highest BCUT2D eigenvalue weighted by molar-refractivity contribution is 6.04. The minimum absolute atomic E-state index is 0.222. The largest absolute Gasteiger partial charge is 0.320 e. The summed E-state index contributed by atoms with van der Waals surface area (Å²) in [5.74, 6) is -0.222. The summed E-state index contributed by atoms with van der Waals surface area (Å²) in [5.41, 5.74) is 7.32. The lowest BCUT2D eigenvalue weighted by atomic mass is 10.1. The maximum Gasteiger partial charge on any atom is 0.276 e. The molecule has 0 aliphatic rings. The molecule has 0 aliphatic carbocycles. The number of hydrogen-bond donors (Lipinski definition) is 1. The molecule has 0 unspecified atom stereocenters. The Hall–Kier alpha value is -3.66. The first-order valence-corrected chi connectivity index (χ1v) is 9.63. The third-order valence-corrected chi connectivity index (χ3v) is 5.03. The number of hydrogen-bond acceptors (Lipinski definition) is 2. The first-order valence-electron chi connectivity index (χ1n) is 9.63. The summed E-state index contributed by atoms with van der Waals surface area (Å²) in [7, 11) is 0. The molecule has 1 N–H and O–H groups in total. The smallest absolute Gasteiger partial charge is 0.276 e. The monoisotopic (exact) mass is 381 g/mol. The molecule has 0 spiro atoms. The maximum absolute atomic E-state index is 12.9. The number of nitrogens with zero attached hydrogens (tertiary/aromatic N) is 2. The van der Waals surface area contributed by atoms with Crippen molar-refractivity contribution >= 4 is 11.6 Å². The van der Waals surface area contributed by atoms with Gasteiger partial charge in [0.15, 0.2) is 5.69 Å². The minimum Gasteiger partial charge on any atom is -0.320 e. The van der Waals surface area contributed by atoms with E-state index in [1.165, 1.54) is 5.56 Å². The molecule has 1 heterocycles. The maximum atomic E-state index is 12.9. The number of amides is 1. The Morgan fingerprint density at radius 1 is 0.828 bits per heavy atom. The summed E-state index contributed by atoms with van der Waals surface area (Å²) >= 11 is 0. The van der Waals surface area contributed by atoms with Gasteiger partial charge in [0.2, 0.25) is 0 Å². The van der Waals surface area contributed by atoms with Gasteiger partial charge in [-0.15, -0.1) is 0 Å². The number of carbonyl (C=O) groups excluding carboxylic acids is 1. The van der Waals surface area contributed by atoms with Crippen LogP contribution in [0, 0.1) is 20.8 Å². The van der Waals surface area contributed by atoms with Gasteiger partial charge in [-0.1, -0.05) is 66.2 Å². The zero-order chi connectivity index (χ0) is 20.4. The van der Waals surface area contributed by atoms with Crippen LogP contribution in [0.25, 0.3) is 16.9 Å². The molecule has 0 atom stereocenters. The van der Waals surface area contributed by atoms with E-state index in [1.807, 2.05) is 73.1 Å². The van der Waals surface area contributed by atoms with Gasteiger partial charge in [-0.25, -0.2) is 4.68 Å². The van der Waals surface area contributed by atoms with Gasteiger partial charge >= 0.3 is 0 Å². The first kappa shape index (κ1) is 18.7. The van der Waals surface area contributed by atoms with Gasteiger partial charge in [-0.3, -0.25) is 4.79 Å². The molecule has 0 saturated carbocycles. The molecule has 0 saturated heterocycles. The number of benzene rings is 3. The van der Waals surface area contributed by atoms with Crippen molar-refractivity contribution in [1.82, 2.24) is 9.78 Å². The number of aromatic nitrogens is 2. The van der Waals surface area contributed by atoms with Crippen molar-refractivity contribution in [1.29, 1.82) is 0 Å². The fraction of sp³-hybridized carbons (Fsp3) is 0.120. The minimum atomic E-state index is -0.222. The molecule has 4 nitrogen and oxygen atoms in total. The van der Waals surface area contributed by atoms with Crippen LogP contribution in [0.4, 0.5) is 5.69 Å². The SMILES string of the molecule is Cc1ccc(-c2cc(C(=O)Nc3ccccc3C)nn2-c2ccccc2C)cc1. The number of aryl methyl sites for hydroxylation is 3. The lowest BCUT2D eigenvalue weighted by Gasteiger charge is -2.10. The van der Waals surface area contributed by atoms with Gasteiger partial charge < -0.3 is 5.32 Å². The number of nitrogens with one attached hydrogen (secondary N) is 1. The summed E-state index contributed by atoms with van der Waals surface area (Å²) in [6, 6.07) is 25.9. The van der Waals surface area contributed by atoms with Crippen molar-refractivity contribution in [2.45, 2.75) is 20.8 Å². The van der Waals surface area contributed by atoms with Gasteiger partial charge in [0.1, 0.15) is 0 Å². The number of rotatable bonds is 4. The molecule has 4 heteroatoms. The number of para-hydroxylation sites is 2. The van der Waals surface area contributed by atoms with Crippen LogP contribution in [0.3, 0.4) is 0 Å². The molecule has 0 bridgehead atoms. The highest BCUT2D eigenvalue weighted by Gasteiger charge is 2.18. The van der Waals surface area contributed by atoms with E-state index in [2.05, 4.69) is 41.6 Å². The third-order valence-electron chi connectivity index (χ3n) is 5.03. The Morgan fingerprint density at radius 2 is 1.48 bits per heavy atom. The number of carbonyl (C=O) groups is 1. The predicted octanol–water partition coefficient (Wildman–Crippen LogP) is 5.72. The van der Waals surface area contributed by atoms with E-state index in [1.54, 1.807) is 0 Å². The van der Waals surface area contributed by atoms with Crippen molar-refractivity contribution < 1.29 is 4.79 Å². The van der Waals surface area contributed by atoms with E-state index >= 15 is 0 Å². The van der Waals surface area contributed by atoms with Crippen LogP contribution in [0.1, 0.15) is 27.2 Å². The second kappa shape index (κ2) is 7.76. The van der Waals surface area contributed by atoms with Crippen LogP contribution >= 0.6 is 0 Å². The Balaban J connectivity index is 1.79. The van der Waals surface area contributed by atoms with E-state index < -0.39 is 0 Å². The molecule has 4 aromatic rings. The first-order chi connectivity index (χ1) is 14.0. The third kappa shape index (κ3) is 3.83. The quantitative estimate of drug-likeness (QED) is 0.492. The zero-order valence-electron chi connectivity index (χ0n) is 16.8. The Bertz CT molecular complexity index is 1170. The van der Waals surface area contributed by atoms with Gasteiger partial charge in [0.25, 0.3) is 5.91 Å². The molecule has 144 valence electrons. The van der Waals surface area contributed by atoms with Crippen molar-refractivity contribution in [2.24, 2.45) is 0 Å². The zero-order valence-corrected chi connectivity index (χ0v) is 16.8. The normalized spacial score (nSPS) is 10.7. The van der Waals surface area contributed by atoms with Crippen molar-refractivity contribution in [3.05, 3.63) is 101 Å². The highest BCUT2D eigenvalue weighted by Crippen LogP contribution is 2.26. The molecule has 29 heavy (non-hydrogen) atoms. The molecule has 3 aromatic carbocycles. The fourth-order valence-corrected chi connectivity index (χ4v) is 3.31. The molecular formula is C25H23N3O. The predicted molar refractivity (Wildman–Crippen MR) is 118 cm³/mol. The standard InChI is InChI=1S/C25H23N3O/c1-17-12-14-20(15-13-17)24-16-22(25(29)26-21-10-6-4-8-18(21)2)27-28(24)23-11-7-5-9-19(23)3/h4-16H,1-3H3,(H,26,29). The van der Waals surface area contributed by atoms with E-state index in [4.69, 9.17) is 0 Å². The average Bonchev–Trinajstić information content (AvgIpc) is 3.16.